The van der Waals surface area contributed by atoms with E-state index in [1.54, 1.807) is 24.3 Å². The molecule has 10 heteroatoms. The number of hydrogen-bond donors (Lipinski definition) is 3. The fraction of sp³-hybridized carbons (Fsp3) is 0.359. The molecular formula is C39H42N2O8. The fourth-order valence-electron chi connectivity index (χ4n) is 6.45. The molecule has 0 spiro atoms. The number of aliphatic carboxylic acids is 1. The topological polar surface area (TPSA) is 148 Å². The van der Waals surface area contributed by atoms with Gasteiger partial charge in [0, 0.05) is 30.1 Å². The number of esters is 1. The number of allylic oxidation sites excluding steroid dienone is 2. The molecule has 5 rings (SSSR count). The van der Waals surface area contributed by atoms with Gasteiger partial charge in [0.1, 0.15) is 19.3 Å². The van der Waals surface area contributed by atoms with Crippen LogP contribution in [0.1, 0.15) is 76.0 Å². The van der Waals surface area contributed by atoms with Crippen molar-refractivity contribution in [1.82, 2.24) is 5.32 Å². The minimum atomic E-state index is -1.54. The minimum Gasteiger partial charge on any atom is -0.480 e. The van der Waals surface area contributed by atoms with Gasteiger partial charge in [0.25, 0.3) is 0 Å². The number of carbonyl (C=O) groups excluding carboxylic acids is 4. The smallest absolute Gasteiger partial charge is 0.407 e. The normalized spacial score (nSPS) is 15.7. The Kier molecular flexibility index (Phi) is 10.7. The van der Waals surface area contributed by atoms with Crippen LogP contribution in [-0.4, -0.2) is 47.4 Å². The number of ketones is 2. The number of carboxylic acid groups (broad SMARTS) is 1. The number of Topliss-reactive ketones (excluding diaryl/α,β-unsaturated/α-hetero) is 2. The summed E-state index contributed by atoms with van der Waals surface area (Å²) in [4.78, 5) is 63.0. The summed E-state index contributed by atoms with van der Waals surface area (Å²) in [5.74, 6) is -2.50. The van der Waals surface area contributed by atoms with Gasteiger partial charge in [-0.25, -0.2) is 9.59 Å². The van der Waals surface area contributed by atoms with Crippen LogP contribution in [0.5, 0.6) is 0 Å². The monoisotopic (exact) mass is 666 g/mol. The van der Waals surface area contributed by atoms with Crippen molar-refractivity contribution >= 4 is 35.3 Å². The predicted molar refractivity (Wildman–Crippen MR) is 184 cm³/mol. The highest BCUT2D eigenvalue weighted by Gasteiger charge is 2.37. The quantitative estimate of drug-likeness (QED) is 0.108. The van der Waals surface area contributed by atoms with Gasteiger partial charge in [-0.3, -0.25) is 14.4 Å². The zero-order chi connectivity index (χ0) is 35.3. The van der Waals surface area contributed by atoms with E-state index in [2.05, 4.69) is 10.6 Å². The molecule has 10 nitrogen and oxygen atoms in total. The molecule has 3 aromatic rings. The van der Waals surface area contributed by atoms with E-state index in [9.17, 15) is 29.1 Å². The lowest BCUT2D eigenvalue weighted by Crippen LogP contribution is -2.43. The van der Waals surface area contributed by atoms with Gasteiger partial charge >= 0.3 is 18.0 Å². The maximum absolute atomic E-state index is 12.9. The van der Waals surface area contributed by atoms with E-state index >= 15 is 0 Å². The number of nitrogens with one attached hydrogen (secondary N) is 2. The fourth-order valence-corrected chi connectivity index (χ4v) is 6.45. The number of carbonyl (C=O) groups is 5. The second-order valence-electron chi connectivity index (χ2n) is 13.9. The van der Waals surface area contributed by atoms with E-state index in [4.69, 9.17) is 9.47 Å². The molecule has 2 aliphatic carbocycles. The van der Waals surface area contributed by atoms with Crippen molar-refractivity contribution in [3.8, 4) is 11.1 Å². The van der Waals surface area contributed by atoms with E-state index in [-0.39, 0.29) is 47.6 Å². The Hall–Kier alpha value is -5.25. The predicted octanol–water partition coefficient (Wildman–Crippen LogP) is 6.78. The van der Waals surface area contributed by atoms with Crippen LogP contribution < -0.4 is 10.6 Å². The summed E-state index contributed by atoms with van der Waals surface area (Å²) >= 11 is 0. The molecule has 1 atom stereocenters. The molecule has 1 amide bonds. The van der Waals surface area contributed by atoms with Crippen LogP contribution in [-0.2, 0) is 35.3 Å². The van der Waals surface area contributed by atoms with E-state index in [0.29, 0.717) is 36.2 Å². The number of rotatable bonds is 12. The van der Waals surface area contributed by atoms with Crippen LogP contribution in [0.2, 0.25) is 0 Å². The summed E-state index contributed by atoms with van der Waals surface area (Å²) in [5, 5.41) is 15.2. The third-order valence-corrected chi connectivity index (χ3v) is 8.70. The standard InChI is InChI=1S/C39H42N2O8/c1-23(2)17-31(36-33(42)19-39(3,4)20-34(36)43)40-25-15-13-24(14-16-25)21-48-35(44)18-32(37(45)46)41-38(47)49-22-30-28-11-7-5-9-26(28)27-10-6-8-12-29(27)30/h5-16,23,30,32,40H,17-22H2,1-4H3,(H,41,47)(H,45,46)/t32-/m0/s1. The van der Waals surface area contributed by atoms with Crippen molar-refractivity contribution in [3.63, 3.8) is 0 Å². The SMILES string of the molecule is CC(C)CC(Nc1ccc(COC(=O)C[C@H](NC(=O)OCC2c3ccccc3-c3ccccc32)C(=O)O)cc1)=C1C(=O)CC(C)(C)CC1=O. The maximum atomic E-state index is 12.9. The number of anilines is 1. The highest BCUT2D eigenvalue weighted by Crippen LogP contribution is 2.44. The highest BCUT2D eigenvalue weighted by molar-refractivity contribution is 6.23. The Morgan fingerprint density at radius 3 is 1.96 bits per heavy atom. The van der Waals surface area contributed by atoms with Crippen molar-refractivity contribution in [2.24, 2.45) is 11.3 Å². The van der Waals surface area contributed by atoms with Crippen LogP contribution in [0.15, 0.2) is 84.1 Å². The lowest BCUT2D eigenvalue weighted by atomic mass is 9.73. The Labute approximate surface area is 285 Å². The lowest BCUT2D eigenvalue weighted by Gasteiger charge is -2.30. The van der Waals surface area contributed by atoms with Gasteiger partial charge in [-0.1, -0.05) is 88.4 Å². The minimum absolute atomic E-state index is 0.00234. The Bertz CT molecular complexity index is 1720. The summed E-state index contributed by atoms with van der Waals surface area (Å²) < 4.78 is 10.8. The number of hydrogen-bond acceptors (Lipinski definition) is 8. The van der Waals surface area contributed by atoms with Crippen LogP contribution in [0, 0.1) is 11.3 Å². The third kappa shape index (κ3) is 8.62. The van der Waals surface area contributed by atoms with E-state index in [1.165, 1.54) is 0 Å². The molecule has 3 N–H and O–H groups in total. The molecule has 0 radical (unpaired) electrons. The molecule has 0 saturated heterocycles. The second kappa shape index (κ2) is 14.9. The lowest BCUT2D eigenvalue weighted by molar-refractivity contribution is -0.150. The number of carboxylic acids is 1. The first kappa shape index (κ1) is 35.1. The maximum Gasteiger partial charge on any atom is 0.407 e. The second-order valence-corrected chi connectivity index (χ2v) is 13.9. The van der Waals surface area contributed by atoms with Crippen LogP contribution in [0.3, 0.4) is 0 Å². The molecule has 0 aliphatic heterocycles. The largest absolute Gasteiger partial charge is 0.480 e. The third-order valence-electron chi connectivity index (χ3n) is 8.70. The summed E-state index contributed by atoms with van der Waals surface area (Å²) in [7, 11) is 0. The van der Waals surface area contributed by atoms with Crippen LogP contribution in [0.4, 0.5) is 10.5 Å². The summed E-state index contributed by atoms with van der Waals surface area (Å²) in [6.45, 7) is 7.76. The van der Waals surface area contributed by atoms with E-state index < -0.39 is 30.5 Å². The zero-order valence-corrected chi connectivity index (χ0v) is 28.2. The first-order valence-corrected chi connectivity index (χ1v) is 16.5. The summed E-state index contributed by atoms with van der Waals surface area (Å²) in [5.41, 5.74) is 5.95. The number of fused-ring (bicyclic) bond motifs is 3. The Morgan fingerprint density at radius 2 is 1.41 bits per heavy atom. The average Bonchev–Trinajstić information content (AvgIpc) is 3.35. The van der Waals surface area contributed by atoms with Gasteiger partial charge < -0.3 is 25.2 Å². The molecule has 0 aromatic heterocycles. The molecule has 3 aromatic carbocycles. The first-order chi connectivity index (χ1) is 23.3. The first-order valence-electron chi connectivity index (χ1n) is 16.5. The van der Waals surface area contributed by atoms with Crippen molar-refractivity contribution in [2.45, 2.75) is 71.9 Å². The van der Waals surface area contributed by atoms with Crippen molar-refractivity contribution in [2.75, 3.05) is 11.9 Å². The molecule has 256 valence electrons. The van der Waals surface area contributed by atoms with Crippen molar-refractivity contribution < 1.29 is 38.6 Å². The van der Waals surface area contributed by atoms with Crippen LogP contribution in [0.25, 0.3) is 11.1 Å². The number of ether oxygens (including phenoxy) is 2. The van der Waals surface area contributed by atoms with Crippen molar-refractivity contribution in [1.29, 1.82) is 0 Å². The van der Waals surface area contributed by atoms with Gasteiger partial charge in [-0.2, -0.15) is 0 Å². The number of alkyl carbamates (subject to hydrolysis) is 1. The summed E-state index contributed by atoms with van der Waals surface area (Å²) in [6, 6.07) is 21.1. The summed E-state index contributed by atoms with van der Waals surface area (Å²) in [6.07, 6.45) is -0.389. The molecular weight excluding hydrogens is 624 g/mol. The number of benzene rings is 3. The van der Waals surface area contributed by atoms with Gasteiger partial charge in [-0.05, 0) is 57.7 Å². The molecule has 2 aliphatic rings. The van der Waals surface area contributed by atoms with Gasteiger partial charge in [-0.15, -0.1) is 0 Å². The van der Waals surface area contributed by atoms with Gasteiger partial charge in [0.05, 0.1) is 12.0 Å². The van der Waals surface area contributed by atoms with Crippen molar-refractivity contribution in [3.05, 3.63) is 101 Å². The Balaban J connectivity index is 1.14. The molecule has 49 heavy (non-hydrogen) atoms. The number of amides is 1. The highest BCUT2D eigenvalue weighted by atomic mass is 16.6. The van der Waals surface area contributed by atoms with E-state index in [1.807, 2.05) is 76.2 Å². The molecule has 0 unspecified atom stereocenters. The Morgan fingerprint density at radius 1 is 0.837 bits per heavy atom. The molecule has 1 saturated carbocycles. The molecule has 0 bridgehead atoms. The van der Waals surface area contributed by atoms with Gasteiger partial charge in [0.2, 0.25) is 0 Å². The average molecular weight is 667 g/mol. The zero-order valence-electron chi connectivity index (χ0n) is 28.2. The van der Waals surface area contributed by atoms with E-state index in [0.717, 1.165) is 22.3 Å². The molecule has 1 fully saturated rings. The molecule has 0 heterocycles. The van der Waals surface area contributed by atoms with Crippen LogP contribution >= 0.6 is 0 Å². The van der Waals surface area contributed by atoms with Gasteiger partial charge in [0.15, 0.2) is 11.6 Å².